The van der Waals surface area contributed by atoms with Crippen LogP contribution in [0.15, 0.2) is 18.2 Å². The van der Waals surface area contributed by atoms with Crippen LogP contribution in [0.3, 0.4) is 0 Å². The molecule has 4 nitrogen and oxygen atoms in total. The fourth-order valence-corrected chi connectivity index (χ4v) is 2.37. The van der Waals surface area contributed by atoms with Crippen LogP contribution < -0.4 is 0 Å². The number of likely N-dealkylation sites (tertiary alicyclic amines) is 1. The van der Waals surface area contributed by atoms with Gasteiger partial charge in [0.15, 0.2) is 0 Å². The van der Waals surface area contributed by atoms with Gasteiger partial charge in [0.1, 0.15) is 6.61 Å². The molecule has 1 fully saturated rings. The Hall–Kier alpha value is -1.83. The molecular weight excluding hydrogens is 254 g/mol. The lowest BCUT2D eigenvalue weighted by Gasteiger charge is -2.19. The van der Waals surface area contributed by atoms with E-state index in [0.717, 1.165) is 5.56 Å². The Morgan fingerprint density at radius 1 is 1.50 bits per heavy atom. The molecule has 0 aliphatic carbocycles. The van der Waals surface area contributed by atoms with Crippen LogP contribution in [0.5, 0.6) is 0 Å². The molecule has 1 aliphatic heterocycles. The minimum atomic E-state index is -0.808. The smallest absolute Gasteiger partial charge is 0.255 e. The first kappa shape index (κ1) is 14.6. The monoisotopic (exact) mass is 273 g/mol. The number of aryl methyl sites for hydroxylation is 1. The van der Waals surface area contributed by atoms with Crippen molar-refractivity contribution in [3.8, 4) is 11.8 Å². The Morgan fingerprint density at radius 2 is 2.25 bits per heavy atom. The lowest BCUT2D eigenvalue weighted by atomic mass is 10.0. The van der Waals surface area contributed by atoms with Gasteiger partial charge in [-0.05, 0) is 38.0 Å². The molecule has 1 aromatic carbocycles. The molecule has 1 unspecified atom stereocenters. The Kier molecular flexibility index (Phi) is 4.12. The summed E-state index contributed by atoms with van der Waals surface area (Å²) in [5.74, 6) is 5.28. The molecule has 1 amide bonds. The standard InChI is InChI=1S/C16H19NO3/c1-12-5-6-14(13(10-12)4-3-9-18)15(19)17-8-7-16(2,20)11-17/h5-6,10,18,20H,7-9,11H2,1-2H3. The third-order valence-corrected chi connectivity index (χ3v) is 3.45. The van der Waals surface area contributed by atoms with E-state index in [1.165, 1.54) is 0 Å². The Morgan fingerprint density at radius 3 is 2.85 bits per heavy atom. The van der Waals surface area contributed by atoms with Crippen molar-refractivity contribution in [2.75, 3.05) is 19.7 Å². The van der Waals surface area contributed by atoms with Gasteiger partial charge in [0.2, 0.25) is 0 Å². The number of amides is 1. The van der Waals surface area contributed by atoms with Crippen LogP contribution in [0.4, 0.5) is 0 Å². The second kappa shape index (κ2) is 5.66. The summed E-state index contributed by atoms with van der Waals surface area (Å²) in [6.07, 6.45) is 0.586. The van der Waals surface area contributed by atoms with Crippen molar-refractivity contribution >= 4 is 5.91 Å². The number of benzene rings is 1. The minimum absolute atomic E-state index is 0.120. The van der Waals surface area contributed by atoms with Gasteiger partial charge in [-0.1, -0.05) is 17.9 Å². The highest BCUT2D eigenvalue weighted by Gasteiger charge is 2.34. The van der Waals surface area contributed by atoms with Crippen LogP contribution in [0.1, 0.15) is 34.8 Å². The van der Waals surface area contributed by atoms with Gasteiger partial charge in [0.05, 0.1) is 11.2 Å². The molecule has 0 saturated carbocycles. The van der Waals surface area contributed by atoms with Gasteiger partial charge in [-0.25, -0.2) is 0 Å². The first-order valence-corrected chi connectivity index (χ1v) is 6.65. The van der Waals surface area contributed by atoms with Crippen molar-refractivity contribution in [3.05, 3.63) is 34.9 Å². The van der Waals surface area contributed by atoms with Crippen LogP contribution in [-0.4, -0.2) is 46.3 Å². The third-order valence-electron chi connectivity index (χ3n) is 3.45. The van der Waals surface area contributed by atoms with Crippen molar-refractivity contribution in [1.82, 2.24) is 4.90 Å². The van der Waals surface area contributed by atoms with Gasteiger partial charge < -0.3 is 15.1 Å². The zero-order chi connectivity index (χ0) is 14.8. The summed E-state index contributed by atoms with van der Waals surface area (Å²) in [6.45, 7) is 4.32. The van der Waals surface area contributed by atoms with E-state index in [1.807, 2.05) is 19.1 Å². The molecule has 0 spiro atoms. The van der Waals surface area contributed by atoms with Crippen LogP contribution in [-0.2, 0) is 0 Å². The normalized spacial score (nSPS) is 21.5. The van der Waals surface area contributed by atoms with Gasteiger partial charge in [-0.3, -0.25) is 4.79 Å². The second-order valence-corrected chi connectivity index (χ2v) is 5.48. The summed E-state index contributed by atoms with van der Waals surface area (Å²) >= 11 is 0. The molecule has 20 heavy (non-hydrogen) atoms. The molecule has 1 atom stereocenters. The Balaban J connectivity index is 2.30. The largest absolute Gasteiger partial charge is 0.388 e. The van der Waals surface area contributed by atoms with Crippen molar-refractivity contribution in [1.29, 1.82) is 0 Å². The quantitative estimate of drug-likeness (QED) is 0.749. The number of nitrogens with zero attached hydrogens (tertiary/aromatic N) is 1. The lowest BCUT2D eigenvalue weighted by molar-refractivity contribution is 0.0572. The minimum Gasteiger partial charge on any atom is -0.388 e. The first-order chi connectivity index (χ1) is 9.43. The van der Waals surface area contributed by atoms with Crippen molar-refractivity contribution in [2.24, 2.45) is 0 Å². The molecule has 2 N–H and O–H groups in total. The summed E-state index contributed by atoms with van der Waals surface area (Å²) in [6, 6.07) is 5.46. The number of carbonyl (C=O) groups excluding carboxylic acids is 1. The number of rotatable bonds is 1. The van der Waals surface area contributed by atoms with Crippen molar-refractivity contribution in [3.63, 3.8) is 0 Å². The van der Waals surface area contributed by atoms with Crippen LogP contribution in [0, 0.1) is 18.8 Å². The van der Waals surface area contributed by atoms with Gasteiger partial charge in [0, 0.05) is 18.7 Å². The molecule has 4 heteroatoms. The first-order valence-electron chi connectivity index (χ1n) is 6.65. The van der Waals surface area contributed by atoms with Gasteiger partial charge >= 0.3 is 0 Å². The fourth-order valence-electron chi connectivity index (χ4n) is 2.37. The molecule has 0 bridgehead atoms. The molecule has 2 rings (SSSR count). The van der Waals surface area contributed by atoms with E-state index in [2.05, 4.69) is 11.8 Å². The predicted molar refractivity (Wildman–Crippen MR) is 76.3 cm³/mol. The number of hydrogen-bond donors (Lipinski definition) is 2. The van der Waals surface area contributed by atoms with Crippen LogP contribution >= 0.6 is 0 Å². The van der Waals surface area contributed by atoms with E-state index in [4.69, 9.17) is 5.11 Å². The van der Waals surface area contributed by atoms with E-state index < -0.39 is 5.60 Å². The van der Waals surface area contributed by atoms with Gasteiger partial charge in [-0.2, -0.15) is 0 Å². The van der Waals surface area contributed by atoms with Gasteiger partial charge in [0.25, 0.3) is 5.91 Å². The number of carbonyl (C=O) groups is 1. The highest BCUT2D eigenvalue weighted by atomic mass is 16.3. The maximum absolute atomic E-state index is 12.5. The summed E-state index contributed by atoms with van der Waals surface area (Å²) in [4.78, 5) is 14.2. The Labute approximate surface area is 119 Å². The summed E-state index contributed by atoms with van der Waals surface area (Å²) in [5, 5.41) is 18.8. The number of aliphatic hydroxyl groups is 2. The van der Waals surface area contributed by atoms with Crippen LogP contribution in [0.25, 0.3) is 0 Å². The average Bonchev–Trinajstić information content (AvgIpc) is 2.76. The molecular formula is C16H19NO3. The molecule has 106 valence electrons. The molecule has 1 aliphatic rings. The molecule has 1 aromatic rings. The predicted octanol–water partition coefficient (Wildman–Crippen LogP) is 0.936. The molecule has 1 saturated heterocycles. The van der Waals surface area contributed by atoms with E-state index in [9.17, 15) is 9.90 Å². The number of hydrogen-bond acceptors (Lipinski definition) is 3. The maximum Gasteiger partial charge on any atom is 0.255 e. The second-order valence-electron chi connectivity index (χ2n) is 5.48. The zero-order valence-electron chi connectivity index (χ0n) is 11.8. The number of aliphatic hydroxyl groups excluding tert-OH is 1. The Bertz CT molecular complexity index is 581. The summed E-state index contributed by atoms with van der Waals surface area (Å²) < 4.78 is 0. The van der Waals surface area contributed by atoms with Crippen molar-refractivity contribution < 1.29 is 15.0 Å². The van der Waals surface area contributed by atoms with Crippen molar-refractivity contribution in [2.45, 2.75) is 25.9 Å². The highest BCUT2D eigenvalue weighted by molar-refractivity contribution is 5.97. The van der Waals surface area contributed by atoms with Gasteiger partial charge in [-0.15, -0.1) is 0 Å². The third kappa shape index (κ3) is 3.19. The fraction of sp³-hybridized carbons (Fsp3) is 0.438. The van der Waals surface area contributed by atoms with E-state index in [1.54, 1.807) is 17.9 Å². The van der Waals surface area contributed by atoms with E-state index in [-0.39, 0.29) is 12.5 Å². The van der Waals surface area contributed by atoms with Crippen LogP contribution in [0.2, 0.25) is 0 Å². The highest BCUT2D eigenvalue weighted by Crippen LogP contribution is 2.23. The average molecular weight is 273 g/mol. The molecule has 0 aromatic heterocycles. The zero-order valence-corrected chi connectivity index (χ0v) is 11.8. The summed E-state index contributed by atoms with van der Waals surface area (Å²) in [7, 11) is 0. The molecule has 0 radical (unpaired) electrons. The van der Waals surface area contributed by atoms with E-state index in [0.29, 0.717) is 30.6 Å². The maximum atomic E-state index is 12.5. The lowest BCUT2D eigenvalue weighted by Crippen LogP contribution is -2.34. The van der Waals surface area contributed by atoms with E-state index >= 15 is 0 Å². The summed E-state index contributed by atoms with van der Waals surface area (Å²) in [5.41, 5.74) is 1.35. The topological polar surface area (TPSA) is 60.8 Å². The SMILES string of the molecule is Cc1ccc(C(=O)N2CCC(C)(O)C2)c(C#CCO)c1. The molecule has 1 heterocycles. The number of β-amino-alcohol motifs (C(OH)–C–C–N with tert-alkyl or cyclic N) is 1.